The van der Waals surface area contributed by atoms with E-state index < -0.39 is 231 Å². The van der Waals surface area contributed by atoms with Crippen LogP contribution in [0.3, 0.4) is 0 Å². The van der Waals surface area contributed by atoms with E-state index in [0.717, 1.165) is 11.8 Å². The highest BCUT2D eigenvalue weighted by Gasteiger charge is 2.42. The highest BCUT2D eigenvalue weighted by Crippen LogP contribution is 2.20. The maximum atomic E-state index is 14.2. The second-order valence-electron chi connectivity index (χ2n) is 22.4. The number of aliphatic hydroxyl groups is 4. The van der Waals surface area contributed by atoms with Crippen molar-refractivity contribution in [3.63, 3.8) is 0 Å². The van der Waals surface area contributed by atoms with Gasteiger partial charge in [-0.05, 0) is 50.9 Å². The Hall–Kier alpha value is -9.47. The summed E-state index contributed by atoms with van der Waals surface area (Å²) in [5, 5.41) is 81.9. The van der Waals surface area contributed by atoms with E-state index in [9.17, 15) is 107 Å². The highest BCUT2D eigenvalue weighted by molar-refractivity contribution is 6.01. The van der Waals surface area contributed by atoms with Crippen LogP contribution in [-0.4, -0.2) is 245 Å². The first-order chi connectivity index (χ1) is 43.0. The molecule has 1 aromatic rings. The third-order valence-electron chi connectivity index (χ3n) is 13.7. The molecule has 14 amide bonds. The molecule has 1 aromatic heterocycles. The molecule has 0 aromatic carbocycles. The Morgan fingerprint density at radius 3 is 1.42 bits per heavy atom. The number of hydrogen-bond donors (Lipinski definition) is 21. The average molecular weight is 1310 g/mol. The Bertz CT molecular complexity index is 2800. The van der Waals surface area contributed by atoms with Gasteiger partial charge in [-0.15, -0.1) is 0 Å². The molecule has 0 unspecified atom stereocenters. The van der Waals surface area contributed by atoms with E-state index >= 15 is 0 Å². The van der Waals surface area contributed by atoms with Crippen LogP contribution < -0.4 is 76.1 Å². The normalized spacial score (nSPS) is 16.7. The first-order valence-corrected chi connectivity index (χ1v) is 28.9. The van der Waals surface area contributed by atoms with Gasteiger partial charge in [0.2, 0.25) is 82.7 Å². The Morgan fingerprint density at radius 1 is 0.543 bits per heavy atom. The fourth-order valence-corrected chi connectivity index (χ4v) is 9.05. The van der Waals surface area contributed by atoms with Crippen LogP contribution in [-0.2, 0) is 83.1 Å². The second kappa shape index (κ2) is 38.3. The van der Waals surface area contributed by atoms with Crippen molar-refractivity contribution in [2.75, 3.05) is 26.4 Å². The summed E-state index contributed by atoms with van der Waals surface area (Å²) in [5.74, 6) is -20.3. The predicted molar refractivity (Wildman–Crippen MR) is 312 cm³/mol. The Labute approximate surface area is 525 Å². The molecule has 1 aliphatic rings. The molecule has 514 valence electrons. The molecule has 13 atom stereocenters. The number of imidazole rings is 1. The van der Waals surface area contributed by atoms with Crippen molar-refractivity contribution in [3.05, 3.63) is 18.2 Å². The highest BCUT2D eigenvalue weighted by atomic mass is 16.4. The molecule has 1 fully saturated rings. The quantitative estimate of drug-likeness (QED) is 0.0289. The molecule has 92 heavy (non-hydrogen) atoms. The number of nitrogens with two attached hydrogens (primary N) is 4. The van der Waals surface area contributed by atoms with E-state index in [1.54, 1.807) is 27.7 Å². The minimum atomic E-state index is -2.09. The second-order valence-corrected chi connectivity index (χ2v) is 22.4. The summed E-state index contributed by atoms with van der Waals surface area (Å²) in [6, 6.07) is -21.0. The summed E-state index contributed by atoms with van der Waals surface area (Å²) < 4.78 is 0. The van der Waals surface area contributed by atoms with Crippen LogP contribution in [0, 0.1) is 11.8 Å². The number of carbonyl (C=O) groups is 16. The Morgan fingerprint density at radius 2 is 0.978 bits per heavy atom. The van der Waals surface area contributed by atoms with Crippen LogP contribution in [0.1, 0.15) is 98.1 Å². The van der Waals surface area contributed by atoms with Crippen molar-refractivity contribution in [1.82, 2.24) is 68.0 Å². The van der Waals surface area contributed by atoms with Crippen LogP contribution in [0.4, 0.5) is 0 Å². The summed E-state index contributed by atoms with van der Waals surface area (Å²) >= 11 is 0. The number of carboxylic acids is 2. The molecule has 0 spiro atoms. The Kier molecular flexibility index (Phi) is 32.7. The van der Waals surface area contributed by atoms with Crippen molar-refractivity contribution in [2.45, 2.75) is 177 Å². The zero-order valence-corrected chi connectivity index (χ0v) is 51.1. The standard InChI is InChI=1S/C53H85N17O22/c1-22(2)11-28(62-48(86)32(16-40(78)79)64-47(85)31(15-39(57)77)63-46(84)30(14-38(56)76)61-42(80)26(54)18-71)45(83)68-35(20-73)52(90)70-10-6-7-36(70)50(88)65-29(12-23(3)4)44(82)60-27(8-9-37(55)75)43(81)69-41(24(5)74)51(89)67-34(19-72)49(87)66-33(53(91)92)13-25-17-58-21-59-25/h17,21-24,26-36,41,71-74H,6-16,18-20,54H2,1-5H3,(H2,55,75)(H2,56,76)(H2,57,77)(H,58,59)(H,60,82)(H,61,80)(H,62,86)(H,63,84)(H,64,85)(H,65,88)(H,66,87)(H,67,89)(H,68,83)(H,69,81)(H,78,79)(H,91,92)/t24-,26+,27+,28+,29+,30+,31+,32+,33+,34+,35+,36+,41+/m1/s1. The molecule has 0 radical (unpaired) electrons. The zero-order chi connectivity index (χ0) is 69.9. The molecule has 0 bridgehead atoms. The largest absolute Gasteiger partial charge is 0.481 e. The summed E-state index contributed by atoms with van der Waals surface area (Å²) in [5.41, 5.74) is 21.6. The molecule has 25 N–H and O–H groups in total. The van der Waals surface area contributed by atoms with Gasteiger partial charge in [-0.25, -0.2) is 9.78 Å². The number of H-pyrrole nitrogens is 1. The maximum Gasteiger partial charge on any atom is 0.326 e. The number of hydrogen-bond acceptors (Lipinski definition) is 22. The average Bonchev–Trinajstić information content (AvgIpc) is 1.74. The summed E-state index contributed by atoms with van der Waals surface area (Å²) in [6.07, 6.45) is -3.85. The van der Waals surface area contributed by atoms with E-state index in [-0.39, 0.29) is 44.6 Å². The summed E-state index contributed by atoms with van der Waals surface area (Å²) in [6.45, 7) is 4.33. The summed E-state index contributed by atoms with van der Waals surface area (Å²) in [7, 11) is 0. The van der Waals surface area contributed by atoms with Crippen molar-refractivity contribution in [2.24, 2.45) is 34.8 Å². The number of primary amides is 3. The van der Waals surface area contributed by atoms with Crippen molar-refractivity contribution in [1.29, 1.82) is 0 Å². The van der Waals surface area contributed by atoms with Crippen molar-refractivity contribution < 1.29 is 107 Å². The number of nitrogens with zero attached hydrogens (tertiary/aromatic N) is 2. The molecule has 0 aliphatic carbocycles. The zero-order valence-electron chi connectivity index (χ0n) is 51.1. The molecule has 39 nitrogen and oxygen atoms in total. The number of amides is 14. The van der Waals surface area contributed by atoms with E-state index in [0.29, 0.717) is 5.69 Å². The SMILES string of the molecule is CC(C)C[C@H](NC(=O)[C@H](CC(=O)O)NC(=O)[C@H](CC(N)=O)NC(=O)[C@H](CC(N)=O)NC(=O)[C@@H](N)CO)C(=O)N[C@@H](CO)C(=O)N1CCC[C@H]1C(=O)N[C@@H](CC(C)C)C(=O)N[C@@H](CCC(N)=O)C(=O)N[C@H](C(=O)N[C@@H](CO)C(=O)N[C@@H](Cc1cnc[nH]1)C(=O)O)[C@@H](C)O. The predicted octanol–water partition coefficient (Wildman–Crippen LogP) is -10.9. The monoisotopic (exact) mass is 1310 g/mol. The first-order valence-electron chi connectivity index (χ1n) is 28.9. The van der Waals surface area contributed by atoms with E-state index in [4.69, 9.17) is 22.9 Å². The van der Waals surface area contributed by atoms with Gasteiger partial charge in [0.05, 0.1) is 51.5 Å². The van der Waals surface area contributed by atoms with Gasteiger partial charge in [0.25, 0.3) is 0 Å². The fourth-order valence-electron chi connectivity index (χ4n) is 9.05. The van der Waals surface area contributed by atoms with Crippen molar-refractivity contribution in [3.8, 4) is 0 Å². The van der Waals surface area contributed by atoms with Gasteiger partial charge in [0.15, 0.2) is 0 Å². The first kappa shape index (κ1) is 78.6. The van der Waals surface area contributed by atoms with Gasteiger partial charge in [0, 0.05) is 31.3 Å². The minimum Gasteiger partial charge on any atom is -0.481 e. The van der Waals surface area contributed by atoms with Gasteiger partial charge in [-0.3, -0.25) is 71.9 Å². The molecular weight excluding hydrogens is 1230 g/mol. The number of aromatic nitrogens is 2. The van der Waals surface area contributed by atoms with E-state index in [1.807, 2.05) is 16.0 Å². The molecular formula is C53H85N17O22. The summed E-state index contributed by atoms with van der Waals surface area (Å²) in [4.78, 5) is 217. The lowest BCUT2D eigenvalue weighted by molar-refractivity contribution is -0.144. The number of carboxylic acid groups (broad SMARTS) is 2. The lowest BCUT2D eigenvalue weighted by Gasteiger charge is -2.31. The molecule has 2 heterocycles. The lowest BCUT2D eigenvalue weighted by atomic mass is 10.0. The number of aliphatic hydroxyl groups excluding tert-OH is 4. The Balaban J connectivity index is 2.35. The third kappa shape index (κ3) is 26.5. The van der Waals surface area contributed by atoms with Gasteiger partial charge >= 0.3 is 11.9 Å². The molecule has 39 heteroatoms. The number of likely N-dealkylation sites (tertiary alicyclic amines) is 1. The topological polar surface area (TPSA) is 651 Å². The lowest BCUT2D eigenvalue weighted by Crippen LogP contribution is -2.62. The van der Waals surface area contributed by atoms with Gasteiger partial charge in [0.1, 0.15) is 72.5 Å². The van der Waals surface area contributed by atoms with Gasteiger partial charge < -0.3 is 117 Å². The number of aromatic amines is 1. The molecule has 1 aliphatic heterocycles. The molecule has 0 saturated carbocycles. The van der Waals surface area contributed by atoms with Crippen LogP contribution >= 0.6 is 0 Å². The smallest absolute Gasteiger partial charge is 0.326 e. The maximum absolute atomic E-state index is 14.2. The van der Waals surface area contributed by atoms with Crippen molar-refractivity contribution >= 4 is 94.6 Å². The fraction of sp³-hybridized carbons (Fsp3) is 0.642. The van der Waals surface area contributed by atoms with E-state index in [1.165, 1.54) is 12.5 Å². The third-order valence-corrected chi connectivity index (χ3v) is 13.7. The van der Waals surface area contributed by atoms with Crippen LogP contribution in [0.15, 0.2) is 12.5 Å². The van der Waals surface area contributed by atoms with E-state index in [2.05, 4.69) is 47.2 Å². The van der Waals surface area contributed by atoms with Crippen LogP contribution in [0.2, 0.25) is 0 Å². The number of aliphatic carboxylic acids is 2. The molecule has 2 rings (SSSR count). The van der Waals surface area contributed by atoms with Crippen LogP contribution in [0.25, 0.3) is 0 Å². The molecule has 1 saturated heterocycles. The number of nitrogens with one attached hydrogen (secondary N) is 11. The van der Waals surface area contributed by atoms with Gasteiger partial charge in [-0.2, -0.15) is 0 Å². The minimum absolute atomic E-state index is 0.0349. The number of carbonyl (C=O) groups excluding carboxylic acids is 14. The number of rotatable bonds is 41. The van der Waals surface area contributed by atoms with Crippen LogP contribution in [0.5, 0.6) is 0 Å². The van der Waals surface area contributed by atoms with Gasteiger partial charge in [-0.1, -0.05) is 27.7 Å².